The molecule has 1 rings (SSSR count). The summed E-state index contributed by atoms with van der Waals surface area (Å²) >= 11 is 0. The summed E-state index contributed by atoms with van der Waals surface area (Å²) in [6.07, 6.45) is 0. The lowest BCUT2D eigenvalue weighted by Crippen LogP contribution is -2.25. The number of hydrogen-bond donors (Lipinski definition) is 1. The summed E-state index contributed by atoms with van der Waals surface area (Å²) in [5.74, 6) is -0.499. The minimum Gasteiger partial charge on any atom is -0.507 e. The fourth-order valence-electron chi connectivity index (χ4n) is 1.58. The van der Waals surface area contributed by atoms with Crippen LogP contribution in [-0.2, 0) is 0 Å². The molecule has 1 aromatic carbocycles. The summed E-state index contributed by atoms with van der Waals surface area (Å²) < 4.78 is 10.0. The smallest absolute Gasteiger partial charge is 0.197 e. The molecule has 0 aromatic heterocycles. The highest BCUT2D eigenvalue weighted by atomic mass is 16.5. The van der Waals surface area contributed by atoms with Gasteiger partial charge in [0.25, 0.3) is 0 Å². The second-order valence-corrected chi connectivity index (χ2v) is 5.13. The Morgan fingerprint density at radius 1 is 1.11 bits per heavy atom. The highest BCUT2D eigenvalue weighted by Gasteiger charge is 2.28. The van der Waals surface area contributed by atoms with Gasteiger partial charge in [0.05, 0.1) is 14.2 Å². The number of ether oxygens (including phenoxy) is 2. The lowest BCUT2D eigenvalue weighted by atomic mass is 9.86. The van der Waals surface area contributed by atoms with E-state index in [1.54, 1.807) is 20.8 Å². The number of rotatable bonds is 3. The summed E-state index contributed by atoms with van der Waals surface area (Å²) in [4.78, 5) is 24.3. The molecule has 1 N–H and O–H groups in total. The molecular weight excluding hydrogens is 248 g/mol. The molecule has 0 bridgehead atoms. The summed E-state index contributed by atoms with van der Waals surface area (Å²) in [6.45, 7) is 5.03. The Hall–Kier alpha value is -2.04. The third-order valence-corrected chi connectivity index (χ3v) is 2.62. The monoisotopic (exact) mass is 266 g/mol. The second-order valence-electron chi connectivity index (χ2n) is 5.13. The number of carbonyl (C=O) groups is 1. The topological polar surface area (TPSA) is 72.8 Å². The van der Waals surface area contributed by atoms with Gasteiger partial charge < -0.3 is 14.6 Å². The highest BCUT2D eigenvalue weighted by Crippen LogP contribution is 2.31. The van der Waals surface area contributed by atoms with E-state index in [2.05, 4.69) is 0 Å². The molecule has 19 heavy (non-hydrogen) atoms. The Bertz CT molecular complexity index is 555. The van der Waals surface area contributed by atoms with E-state index in [1.165, 1.54) is 20.3 Å². The SMILES string of the molecule is COc1cc(O)c(C(=O)C(C)(C)C)c(=O)cc1OC. The van der Waals surface area contributed by atoms with Crippen LogP contribution in [0.4, 0.5) is 0 Å². The maximum Gasteiger partial charge on any atom is 0.197 e. The average Bonchev–Trinajstić information content (AvgIpc) is 2.43. The first kappa shape index (κ1) is 15.0. The summed E-state index contributed by atoms with van der Waals surface area (Å²) in [6, 6.07) is 2.34. The molecule has 0 spiro atoms. The third kappa shape index (κ3) is 3.05. The average molecular weight is 266 g/mol. The number of hydrogen-bond acceptors (Lipinski definition) is 5. The van der Waals surface area contributed by atoms with E-state index < -0.39 is 22.4 Å². The van der Waals surface area contributed by atoms with Crippen molar-refractivity contribution in [1.29, 1.82) is 0 Å². The molecule has 0 aliphatic rings. The van der Waals surface area contributed by atoms with Crippen LogP contribution in [0.15, 0.2) is 16.9 Å². The van der Waals surface area contributed by atoms with Crippen LogP contribution >= 0.6 is 0 Å². The molecule has 0 amide bonds. The first-order chi connectivity index (χ1) is 8.72. The van der Waals surface area contributed by atoms with Gasteiger partial charge in [0, 0.05) is 17.5 Å². The Kier molecular flexibility index (Phi) is 4.19. The van der Waals surface area contributed by atoms with Crippen molar-refractivity contribution in [2.75, 3.05) is 14.2 Å². The third-order valence-electron chi connectivity index (χ3n) is 2.62. The van der Waals surface area contributed by atoms with Crippen molar-refractivity contribution in [3.05, 3.63) is 27.9 Å². The minimum absolute atomic E-state index is 0.163. The number of aromatic hydroxyl groups is 1. The zero-order chi connectivity index (χ0) is 14.8. The predicted molar refractivity (Wildman–Crippen MR) is 71.3 cm³/mol. The first-order valence-electron chi connectivity index (χ1n) is 5.76. The Morgan fingerprint density at radius 2 is 1.58 bits per heavy atom. The van der Waals surface area contributed by atoms with Crippen molar-refractivity contribution in [2.24, 2.45) is 5.41 Å². The fraction of sp³-hybridized carbons (Fsp3) is 0.429. The van der Waals surface area contributed by atoms with E-state index >= 15 is 0 Å². The molecule has 0 fully saturated rings. The van der Waals surface area contributed by atoms with Gasteiger partial charge in [-0.3, -0.25) is 9.59 Å². The van der Waals surface area contributed by atoms with Gasteiger partial charge in [-0.1, -0.05) is 20.8 Å². The molecule has 0 atom stereocenters. The molecule has 5 heteroatoms. The van der Waals surface area contributed by atoms with Gasteiger partial charge in [0.2, 0.25) is 0 Å². The molecule has 0 unspecified atom stereocenters. The zero-order valence-corrected chi connectivity index (χ0v) is 11.7. The summed E-state index contributed by atoms with van der Waals surface area (Å²) in [7, 11) is 2.76. The molecule has 0 aliphatic carbocycles. The van der Waals surface area contributed by atoms with Gasteiger partial charge in [-0.2, -0.15) is 0 Å². The van der Waals surface area contributed by atoms with E-state index in [0.717, 1.165) is 6.07 Å². The van der Waals surface area contributed by atoms with Crippen LogP contribution in [-0.4, -0.2) is 25.1 Å². The van der Waals surface area contributed by atoms with Crippen LogP contribution in [0.1, 0.15) is 31.1 Å². The zero-order valence-electron chi connectivity index (χ0n) is 11.7. The quantitative estimate of drug-likeness (QED) is 0.847. The predicted octanol–water partition coefficient (Wildman–Crippen LogP) is 2.00. The maximum atomic E-state index is 12.2. The number of carbonyl (C=O) groups excluding carboxylic acids is 1. The van der Waals surface area contributed by atoms with Crippen molar-refractivity contribution in [3.8, 4) is 17.2 Å². The van der Waals surface area contributed by atoms with Crippen LogP contribution < -0.4 is 14.9 Å². The molecule has 104 valence electrons. The minimum atomic E-state index is -0.772. The molecular formula is C14H18O5. The van der Waals surface area contributed by atoms with Gasteiger partial charge in [0.15, 0.2) is 22.7 Å². The normalized spacial score (nSPS) is 11.0. The molecule has 0 radical (unpaired) electrons. The molecule has 0 heterocycles. The van der Waals surface area contributed by atoms with Crippen molar-refractivity contribution < 1.29 is 19.4 Å². The van der Waals surface area contributed by atoms with Gasteiger partial charge in [0.1, 0.15) is 11.3 Å². The number of Topliss-reactive ketones (excluding diaryl/α,β-unsaturated/α-hetero) is 1. The molecule has 0 aliphatic heterocycles. The molecule has 5 nitrogen and oxygen atoms in total. The van der Waals surface area contributed by atoms with E-state index in [1.807, 2.05) is 0 Å². The standard InChI is InChI=1S/C14H18O5/c1-14(2,3)13(17)12-8(15)6-10(18-4)11(19-5)7-9(12)16/h6-7,15H,1-5H3. The largest absolute Gasteiger partial charge is 0.507 e. The van der Waals surface area contributed by atoms with E-state index in [-0.39, 0.29) is 17.1 Å². The molecule has 0 saturated heterocycles. The summed E-state index contributed by atoms with van der Waals surface area (Å²) in [5, 5.41) is 9.96. The van der Waals surface area contributed by atoms with Gasteiger partial charge in [-0.25, -0.2) is 0 Å². The Labute approximate surface area is 111 Å². The van der Waals surface area contributed by atoms with Crippen molar-refractivity contribution in [2.45, 2.75) is 20.8 Å². The van der Waals surface area contributed by atoms with E-state index in [4.69, 9.17) is 9.47 Å². The Balaban J connectivity index is 3.66. The fourth-order valence-corrected chi connectivity index (χ4v) is 1.58. The Morgan fingerprint density at radius 3 is 2.00 bits per heavy atom. The van der Waals surface area contributed by atoms with Crippen molar-refractivity contribution in [1.82, 2.24) is 0 Å². The van der Waals surface area contributed by atoms with Gasteiger partial charge in [-0.15, -0.1) is 0 Å². The lowest BCUT2D eigenvalue weighted by Gasteiger charge is -2.15. The highest BCUT2D eigenvalue weighted by molar-refractivity contribution is 6.01. The van der Waals surface area contributed by atoms with Crippen LogP contribution in [0.25, 0.3) is 0 Å². The molecule has 1 aromatic rings. The van der Waals surface area contributed by atoms with Crippen molar-refractivity contribution in [3.63, 3.8) is 0 Å². The first-order valence-corrected chi connectivity index (χ1v) is 5.76. The molecule has 0 saturated carbocycles. The van der Waals surface area contributed by atoms with Crippen LogP contribution in [0.3, 0.4) is 0 Å². The van der Waals surface area contributed by atoms with Crippen LogP contribution in [0.2, 0.25) is 0 Å². The van der Waals surface area contributed by atoms with E-state index in [9.17, 15) is 14.7 Å². The van der Waals surface area contributed by atoms with Crippen LogP contribution in [0.5, 0.6) is 17.2 Å². The van der Waals surface area contributed by atoms with Gasteiger partial charge >= 0.3 is 0 Å². The maximum absolute atomic E-state index is 12.2. The van der Waals surface area contributed by atoms with Gasteiger partial charge in [-0.05, 0) is 0 Å². The number of ketones is 1. The van der Waals surface area contributed by atoms with Crippen LogP contribution in [0, 0.1) is 5.41 Å². The number of methoxy groups -OCH3 is 2. The van der Waals surface area contributed by atoms with E-state index in [0.29, 0.717) is 0 Å². The summed E-state index contributed by atoms with van der Waals surface area (Å²) in [5.41, 5.74) is -1.63. The van der Waals surface area contributed by atoms with Crippen molar-refractivity contribution >= 4 is 5.78 Å². The lowest BCUT2D eigenvalue weighted by molar-refractivity contribution is 0.0854. The second kappa shape index (κ2) is 5.30.